The number of amides is 1. The molecule has 1 N–H and O–H groups in total. The lowest BCUT2D eigenvalue weighted by atomic mass is 9.99. The molecule has 1 aliphatic heterocycles. The molecule has 1 aromatic carbocycles. The second kappa shape index (κ2) is 7.60. The largest absolute Gasteiger partial charge is 0.457 e. The third-order valence-corrected chi connectivity index (χ3v) is 8.63. The highest BCUT2D eigenvalue weighted by atomic mass is 31.2. The van der Waals surface area contributed by atoms with Crippen molar-refractivity contribution in [3.63, 3.8) is 0 Å². The van der Waals surface area contributed by atoms with Crippen molar-refractivity contribution >= 4 is 47.3 Å². The zero-order chi connectivity index (χ0) is 21.5. The van der Waals surface area contributed by atoms with Crippen LogP contribution in [0.1, 0.15) is 65.5 Å². The van der Waals surface area contributed by atoms with E-state index in [9.17, 15) is 18.9 Å². The van der Waals surface area contributed by atoms with Gasteiger partial charge in [-0.3, -0.25) is 14.4 Å². The van der Waals surface area contributed by atoms with Crippen LogP contribution < -0.4 is 10.6 Å². The molecule has 6 nitrogen and oxygen atoms in total. The van der Waals surface area contributed by atoms with Gasteiger partial charge >= 0.3 is 0 Å². The van der Waals surface area contributed by atoms with Crippen LogP contribution in [-0.2, 0) is 9.36 Å². The first-order valence-corrected chi connectivity index (χ1v) is 11.6. The molecule has 0 fully saturated rings. The molecule has 7 heteroatoms. The first-order valence-electron chi connectivity index (χ1n) is 9.54. The molecule has 3 rings (SSSR count). The molecule has 0 radical (unpaired) electrons. The molecule has 1 aliphatic rings. The first-order chi connectivity index (χ1) is 13.6. The van der Waals surface area contributed by atoms with Crippen LogP contribution in [-0.4, -0.2) is 29.8 Å². The second-order valence-electron chi connectivity index (χ2n) is 7.15. The van der Waals surface area contributed by atoms with E-state index < -0.39 is 7.14 Å². The number of ketones is 2. The Morgan fingerprint density at radius 3 is 2.34 bits per heavy atom. The number of carbonyl (C=O) groups is 3. The van der Waals surface area contributed by atoms with E-state index in [1.165, 1.54) is 13.8 Å². The molecule has 0 spiro atoms. The Balaban J connectivity index is 2.22. The maximum atomic E-state index is 13.2. The highest BCUT2D eigenvalue weighted by Gasteiger charge is 2.30. The SMILES string of the molecule is CCP(=O)(CC)c1ccc2c(c1)/C(=C\c1c(C)oc(C(C)=O)c1C(C)=O)C(=O)N2. The average molecular weight is 413 g/mol. The van der Waals surface area contributed by atoms with Crippen LogP contribution in [0.5, 0.6) is 0 Å². The molecule has 0 atom stereocenters. The molecule has 0 bridgehead atoms. The molecule has 152 valence electrons. The number of Topliss-reactive ketones (excluding diaryl/α,β-unsaturated/α-hetero) is 2. The molecule has 29 heavy (non-hydrogen) atoms. The van der Waals surface area contributed by atoms with Crippen LogP contribution in [0, 0.1) is 6.92 Å². The van der Waals surface area contributed by atoms with Crippen molar-refractivity contribution in [1.82, 2.24) is 0 Å². The quantitative estimate of drug-likeness (QED) is 0.427. The normalized spacial score (nSPS) is 14.8. The van der Waals surface area contributed by atoms with Crippen molar-refractivity contribution in [2.24, 2.45) is 0 Å². The van der Waals surface area contributed by atoms with Crippen LogP contribution in [0.2, 0.25) is 0 Å². The maximum Gasteiger partial charge on any atom is 0.256 e. The van der Waals surface area contributed by atoms with Crippen LogP contribution >= 0.6 is 7.14 Å². The summed E-state index contributed by atoms with van der Waals surface area (Å²) in [4.78, 5) is 36.7. The van der Waals surface area contributed by atoms with Gasteiger partial charge in [0, 0.05) is 46.9 Å². The van der Waals surface area contributed by atoms with E-state index in [4.69, 9.17) is 4.42 Å². The van der Waals surface area contributed by atoms with E-state index in [0.717, 1.165) is 5.30 Å². The Kier molecular flexibility index (Phi) is 5.50. The topological polar surface area (TPSA) is 93.4 Å². The summed E-state index contributed by atoms with van der Waals surface area (Å²) in [6.45, 7) is 8.14. The summed E-state index contributed by atoms with van der Waals surface area (Å²) in [5.74, 6) is -0.602. The summed E-state index contributed by atoms with van der Waals surface area (Å²) in [5, 5.41) is 3.53. The predicted molar refractivity (Wildman–Crippen MR) is 115 cm³/mol. The summed E-state index contributed by atoms with van der Waals surface area (Å²) >= 11 is 0. The number of aryl methyl sites for hydroxylation is 1. The minimum atomic E-state index is -2.52. The number of anilines is 1. The minimum absolute atomic E-state index is 0.00398. The van der Waals surface area contributed by atoms with Crippen molar-refractivity contribution in [2.45, 2.75) is 34.6 Å². The van der Waals surface area contributed by atoms with Gasteiger partial charge in [-0.25, -0.2) is 0 Å². The zero-order valence-corrected chi connectivity index (χ0v) is 18.1. The molecular weight excluding hydrogens is 389 g/mol. The van der Waals surface area contributed by atoms with Crippen molar-refractivity contribution < 1.29 is 23.4 Å². The fourth-order valence-electron chi connectivity index (χ4n) is 3.63. The highest BCUT2D eigenvalue weighted by Crippen LogP contribution is 2.45. The van der Waals surface area contributed by atoms with Crippen molar-refractivity contribution in [2.75, 3.05) is 17.6 Å². The summed E-state index contributed by atoms with van der Waals surface area (Å²) in [7, 11) is -2.52. The lowest BCUT2D eigenvalue weighted by molar-refractivity contribution is -0.110. The fraction of sp³-hybridized carbons (Fsp3) is 0.318. The third-order valence-electron chi connectivity index (χ3n) is 5.37. The highest BCUT2D eigenvalue weighted by molar-refractivity contribution is 7.71. The summed E-state index contributed by atoms with van der Waals surface area (Å²) < 4.78 is 18.7. The van der Waals surface area contributed by atoms with E-state index in [1.807, 2.05) is 13.8 Å². The Bertz CT molecular complexity index is 1110. The minimum Gasteiger partial charge on any atom is -0.457 e. The number of hydrogen-bond donors (Lipinski definition) is 1. The van der Waals surface area contributed by atoms with E-state index >= 15 is 0 Å². The van der Waals surface area contributed by atoms with Gasteiger partial charge in [0.15, 0.2) is 17.3 Å². The predicted octanol–water partition coefficient (Wildman–Crippen LogP) is 4.51. The summed E-state index contributed by atoms with van der Waals surface area (Å²) in [6, 6.07) is 5.35. The summed E-state index contributed by atoms with van der Waals surface area (Å²) in [5.41, 5.74) is 2.20. The van der Waals surface area contributed by atoms with E-state index in [2.05, 4.69) is 5.32 Å². The number of fused-ring (bicyclic) bond motifs is 1. The zero-order valence-electron chi connectivity index (χ0n) is 17.2. The van der Waals surface area contributed by atoms with E-state index in [-0.39, 0.29) is 28.8 Å². The van der Waals surface area contributed by atoms with Gasteiger partial charge in [-0.2, -0.15) is 0 Å². The lowest BCUT2D eigenvalue weighted by Crippen LogP contribution is -2.09. The van der Waals surface area contributed by atoms with Crippen LogP contribution in [0.3, 0.4) is 0 Å². The van der Waals surface area contributed by atoms with Gasteiger partial charge in [-0.05, 0) is 38.1 Å². The second-order valence-corrected chi connectivity index (χ2v) is 10.7. The standard InChI is InChI=1S/C22H24NO5P/c1-6-29(27,7-2)15-8-9-19-17(10-15)18(22(26)23-19)11-16-14(5)28-21(13(4)25)20(16)12(3)24/h8-11H,6-7H2,1-5H3,(H,23,26)/b18-11+. The maximum absolute atomic E-state index is 13.2. The Labute approximate surface area is 169 Å². The Morgan fingerprint density at radius 1 is 1.14 bits per heavy atom. The van der Waals surface area contributed by atoms with Gasteiger partial charge in [-0.15, -0.1) is 0 Å². The van der Waals surface area contributed by atoms with Gasteiger partial charge in [0.25, 0.3) is 5.91 Å². The smallest absolute Gasteiger partial charge is 0.256 e. The molecule has 1 amide bonds. The number of furan rings is 1. The monoisotopic (exact) mass is 413 g/mol. The fourth-order valence-corrected chi connectivity index (χ4v) is 5.52. The van der Waals surface area contributed by atoms with E-state index in [0.29, 0.717) is 40.5 Å². The number of carbonyl (C=O) groups excluding carboxylic acids is 3. The molecule has 0 unspecified atom stereocenters. The number of benzene rings is 1. The number of rotatable bonds is 6. The lowest BCUT2D eigenvalue weighted by Gasteiger charge is -2.15. The molecule has 0 saturated carbocycles. The van der Waals surface area contributed by atoms with Gasteiger partial charge < -0.3 is 14.3 Å². The molecular formula is C22H24NO5P. The van der Waals surface area contributed by atoms with E-state index in [1.54, 1.807) is 31.2 Å². The third kappa shape index (κ3) is 3.53. The van der Waals surface area contributed by atoms with Crippen LogP contribution in [0.15, 0.2) is 22.6 Å². The van der Waals surface area contributed by atoms with Crippen LogP contribution in [0.4, 0.5) is 5.69 Å². The van der Waals surface area contributed by atoms with Crippen molar-refractivity contribution in [3.8, 4) is 0 Å². The summed E-state index contributed by atoms with van der Waals surface area (Å²) in [6.07, 6.45) is 2.66. The van der Waals surface area contributed by atoms with Gasteiger partial charge in [0.1, 0.15) is 12.9 Å². The molecule has 2 heterocycles. The van der Waals surface area contributed by atoms with Crippen molar-refractivity contribution in [1.29, 1.82) is 0 Å². The first kappa shape index (κ1) is 21.0. The van der Waals surface area contributed by atoms with Crippen molar-refractivity contribution in [3.05, 3.63) is 46.4 Å². The Hall–Kier alpha value is -2.72. The van der Waals surface area contributed by atoms with Gasteiger partial charge in [-0.1, -0.05) is 13.8 Å². The average Bonchev–Trinajstić information content (AvgIpc) is 3.18. The Morgan fingerprint density at radius 2 is 1.79 bits per heavy atom. The number of hydrogen-bond acceptors (Lipinski definition) is 5. The molecule has 0 aliphatic carbocycles. The molecule has 1 aromatic heterocycles. The molecule has 0 saturated heterocycles. The number of nitrogens with one attached hydrogen (secondary N) is 1. The van der Waals surface area contributed by atoms with Gasteiger partial charge in [0.2, 0.25) is 0 Å². The van der Waals surface area contributed by atoms with Crippen LogP contribution in [0.25, 0.3) is 11.6 Å². The van der Waals surface area contributed by atoms with Gasteiger partial charge in [0.05, 0.1) is 5.56 Å². The molecule has 2 aromatic rings.